The number of fused-ring (bicyclic) bond motifs is 1. The molecule has 1 N–H and O–H groups in total. The second-order valence-electron chi connectivity index (χ2n) is 3.71. The largest absolute Gasteiger partial charge is 0.396 e. The Labute approximate surface area is 92.2 Å². The lowest BCUT2D eigenvalue weighted by molar-refractivity contribution is 0.269. The number of aryl methyl sites for hydroxylation is 2. The molecule has 0 aliphatic heterocycles. The van der Waals surface area contributed by atoms with E-state index in [2.05, 4.69) is 16.1 Å². The highest BCUT2D eigenvalue weighted by Crippen LogP contribution is 2.34. The predicted octanol–water partition coefficient (Wildman–Crippen LogP) is 2.97. The van der Waals surface area contributed by atoms with Crippen LogP contribution in [0.4, 0.5) is 0 Å². The first-order chi connectivity index (χ1) is 7.35. The van der Waals surface area contributed by atoms with Gasteiger partial charge in [-0.15, -0.1) is 11.3 Å². The van der Waals surface area contributed by atoms with Crippen molar-refractivity contribution in [3.05, 3.63) is 31.8 Å². The Morgan fingerprint density at radius 2 is 2.33 bits per heavy atom. The molecule has 0 radical (unpaired) electrons. The molecule has 5 heteroatoms. The first kappa shape index (κ1) is 10.5. The average Bonchev–Trinajstić information content (AvgIpc) is 2.69. The fourth-order valence-corrected chi connectivity index (χ4v) is 3.21. The molecule has 0 saturated carbocycles. The fraction of sp³-hybridized carbons (Fsp3) is 0.600. The van der Waals surface area contributed by atoms with Crippen molar-refractivity contribution in [1.82, 2.24) is 0 Å². The third-order valence-corrected chi connectivity index (χ3v) is 4.05. The van der Waals surface area contributed by atoms with Crippen LogP contribution in [0, 0.1) is 0 Å². The Morgan fingerprint density at radius 1 is 1.53 bits per heavy atom. The van der Waals surface area contributed by atoms with Gasteiger partial charge in [0.05, 0.1) is 12.6 Å². The number of nitrogens with zero attached hydrogens (tertiary/aromatic N) is 3. The summed E-state index contributed by atoms with van der Waals surface area (Å²) < 4.78 is 0. The van der Waals surface area contributed by atoms with Crippen LogP contribution in [0.15, 0.2) is 11.2 Å². The molecule has 0 spiro atoms. The highest BCUT2D eigenvalue weighted by Gasteiger charge is 2.17. The van der Waals surface area contributed by atoms with E-state index in [-0.39, 0.29) is 6.61 Å². The molecule has 0 fully saturated rings. The van der Waals surface area contributed by atoms with Crippen molar-refractivity contribution in [1.29, 1.82) is 0 Å². The van der Waals surface area contributed by atoms with Crippen molar-refractivity contribution in [3.8, 4) is 0 Å². The molecule has 1 aromatic heterocycles. The van der Waals surface area contributed by atoms with Crippen molar-refractivity contribution < 1.29 is 5.11 Å². The van der Waals surface area contributed by atoms with E-state index in [0.717, 1.165) is 17.7 Å². The maximum atomic E-state index is 9.11. The van der Waals surface area contributed by atoms with Gasteiger partial charge >= 0.3 is 0 Å². The van der Waals surface area contributed by atoms with Gasteiger partial charge < -0.3 is 5.11 Å². The van der Waals surface area contributed by atoms with Gasteiger partial charge in [-0.05, 0) is 42.8 Å². The van der Waals surface area contributed by atoms with E-state index >= 15 is 0 Å². The fourth-order valence-electron chi connectivity index (χ4n) is 1.92. The normalized spacial score (nSPS) is 16.6. The molecule has 1 unspecified atom stereocenters. The van der Waals surface area contributed by atoms with E-state index in [1.807, 2.05) is 0 Å². The summed E-state index contributed by atoms with van der Waals surface area (Å²) in [7, 11) is 0. The van der Waals surface area contributed by atoms with E-state index < -0.39 is 6.04 Å². The van der Waals surface area contributed by atoms with Gasteiger partial charge in [0.25, 0.3) is 0 Å². The monoisotopic (exact) mass is 223 g/mol. The van der Waals surface area contributed by atoms with Gasteiger partial charge in [-0.2, -0.15) is 0 Å². The molecular weight excluding hydrogens is 210 g/mol. The van der Waals surface area contributed by atoms with Gasteiger partial charge in [0.1, 0.15) is 0 Å². The van der Waals surface area contributed by atoms with E-state index in [9.17, 15) is 0 Å². The van der Waals surface area contributed by atoms with Crippen LogP contribution in [0.5, 0.6) is 0 Å². The Morgan fingerprint density at radius 3 is 3.00 bits per heavy atom. The number of aliphatic hydroxyl groups is 1. The number of thiophene rings is 1. The topological polar surface area (TPSA) is 69.0 Å². The van der Waals surface area contributed by atoms with Crippen LogP contribution in [-0.4, -0.2) is 11.7 Å². The number of hydrogen-bond acceptors (Lipinski definition) is 3. The summed E-state index contributed by atoms with van der Waals surface area (Å²) >= 11 is 1.68. The number of aliphatic hydroxyl groups excluding tert-OH is 1. The van der Waals surface area contributed by atoms with Crippen LogP contribution < -0.4 is 0 Å². The van der Waals surface area contributed by atoms with Crippen molar-refractivity contribution >= 4 is 11.3 Å². The predicted molar refractivity (Wildman–Crippen MR) is 59.9 cm³/mol. The standard InChI is InChI=1S/C10H13N3OS/c11-13-12-8(6-14)10-5-7-3-1-2-4-9(7)15-10/h5,8,14H,1-4,6H2. The lowest BCUT2D eigenvalue weighted by Gasteiger charge is -2.08. The first-order valence-electron chi connectivity index (χ1n) is 5.11. The van der Waals surface area contributed by atoms with Crippen molar-refractivity contribution in [3.63, 3.8) is 0 Å². The minimum Gasteiger partial charge on any atom is -0.396 e. The summed E-state index contributed by atoms with van der Waals surface area (Å²) in [5.41, 5.74) is 9.77. The summed E-state index contributed by atoms with van der Waals surface area (Å²) in [5, 5.41) is 12.7. The Hall–Kier alpha value is -1.03. The third kappa shape index (κ3) is 2.15. The van der Waals surface area contributed by atoms with E-state index in [4.69, 9.17) is 10.6 Å². The van der Waals surface area contributed by atoms with Gasteiger partial charge in [0.2, 0.25) is 0 Å². The van der Waals surface area contributed by atoms with Gasteiger partial charge in [-0.3, -0.25) is 0 Å². The van der Waals surface area contributed by atoms with Gasteiger partial charge in [-0.25, -0.2) is 0 Å². The van der Waals surface area contributed by atoms with E-state index in [1.54, 1.807) is 11.3 Å². The van der Waals surface area contributed by atoms with E-state index in [1.165, 1.54) is 23.3 Å². The SMILES string of the molecule is [N-]=[N+]=NC(CO)c1cc2c(s1)CCCC2. The molecule has 1 aliphatic carbocycles. The summed E-state index contributed by atoms with van der Waals surface area (Å²) in [6, 6.07) is 1.69. The smallest absolute Gasteiger partial charge is 0.0949 e. The van der Waals surface area contributed by atoms with Crippen LogP contribution in [0.25, 0.3) is 10.4 Å². The molecule has 1 aliphatic rings. The molecule has 0 saturated heterocycles. The number of hydrogen-bond donors (Lipinski definition) is 1. The molecule has 1 aromatic rings. The van der Waals surface area contributed by atoms with Crippen LogP contribution in [0.3, 0.4) is 0 Å². The van der Waals surface area contributed by atoms with Crippen LogP contribution in [0.2, 0.25) is 0 Å². The summed E-state index contributed by atoms with van der Waals surface area (Å²) in [6.07, 6.45) is 4.75. The highest BCUT2D eigenvalue weighted by molar-refractivity contribution is 7.12. The number of rotatable bonds is 3. The lowest BCUT2D eigenvalue weighted by atomic mass is 9.99. The van der Waals surface area contributed by atoms with Crippen molar-refractivity contribution in [2.24, 2.45) is 5.11 Å². The molecule has 0 amide bonds. The average molecular weight is 223 g/mol. The highest BCUT2D eigenvalue weighted by atomic mass is 32.1. The first-order valence-corrected chi connectivity index (χ1v) is 5.93. The maximum absolute atomic E-state index is 9.11. The van der Waals surface area contributed by atoms with Crippen LogP contribution >= 0.6 is 11.3 Å². The summed E-state index contributed by atoms with van der Waals surface area (Å²) in [4.78, 5) is 5.17. The van der Waals surface area contributed by atoms with Gasteiger partial charge in [-0.1, -0.05) is 5.11 Å². The van der Waals surface area contributed by atoms with Crippen molar-refractivity contribution in [2.45, 2.75) is 31.7 Å². The second-order valence-corrected chi connectivity index (χ2v) is 4.88. The minimum atomic E-state index is -0.398. The van der Waals surface area contributed by atoms with Crippen LogP contribution in [0.1, 0.15) is 34.2 Å². The molecule has 1 atom stereocenters. The third-order valence-electron chi connectivity index (χ3n) is 2.71. The molecule has 0 aromatic carbocycles. The van der Waals surface area contributed by atoms with Gasteiger partial charge in [0.15, 0.2) is 0 Å². The Balaban J connectivity index is 2.28. The van der Waals surface area contributed by atoms with E-state index in [0.29, 0.717) is 0 Å². The molecule has 1 heterocycles. The zero-order valence-electron chi connectivity index (χ0n) is 8.39. The summed E-state index contributed by atoms with van der Waals surface area (Å²) in [6.45, 7) is -0.108. The molecule has 2 rings (SSSR count). The molecule has 4 nitrogen and oxygen atoms in total. The Kier molecular flexibility index (Phi) is 3.26. The lowest BCUT2D eigenvalue weighted by Crippen LogP contribution is -1.97. The zero-order valence-corrected chi connectivity index (χ0v) is 9.20. The van der Waals surface area contributed by atoms with Crippen LogP contribution in [-0.2, 0) is 12.8 Å². The second kappa shape index (κ2) is 4.66. The molecule has 15 heavy (non-hydrogen) atoms. The van der Waals surface area contributed by atoms with Crippen molar-refractivity contribution in [2.75, 3.05) is 6.61 Å². The maximum Gasteiger partial charge on any atom is 0.0949 e. The quantitative estimate of drug-likeness (QED) is 0.477. The molecule has 0 bridgehead atoms. The zero-order chi connectivity index (χ0) is 10.7. The Bertz CT molecular complexity index is 372. The molecular formula is C10H13N3OS. The summed E-state index contributed by atoms with van der Waals surface area (Å²) in [5.74, 6) is 0. The van der Waals surface area contributed by atoms with Gasteiger partial charge in [0, 0.05) is 14.7 Å². The minimum absolute atomic E-state index is 0.108. The molecule has 80 valence electrons. The number of azide groups is 1.